The first kappa shape index (κ1) is 16.4. The van der Waals surface area contributed by atoms with Crippen LogP contribution in [-0.2, 0) is 0 Å². The van der Waals surface area contributed by atoms with Gasteiger partial charge in [-0.25, -0.2) is 9.37 Å². The van der Waals surface area contributed by atoms with Gasteiger partial charge in [0.25, 0.3) is 0 Å². The molecule has 0 amide bonds. The number of oxime groups is 1. The molecule has 0 atom stereocenters. The number of allylic oxidation sites excluding steroid dienone is 2. The number of benzene rings is 1. The molecule has 0 saturated carbocycles. The number of nitriles is 1. The fourth-order valence-electron chi connectivity index (χ4n) is 2.33. The fourth-order valence-corrected chi connectivity index (χ4v) is 2.33. The highest BCUT2D eigenvalue weighted by Crippen LogP contribution is 2.21. The number of hydrogen-bond acceptors (Lipinski definition) is 4. The molecule has 0 N–H and O–H groups in total. The number of halogens is 1. The lowest BCUT2D eigenvalue weighted by molar-refractivity contribution is 0.337. The second-order valence-electron chi connectivity index (χ2n) is 5.41. The number of nitrogens with zero attached hydrogens (tertiary/aromatic N) is 3. The first-order valence-electron chi connectivity index (χ1n) is 7.82. The normalized spacial score (nSPS) is 14.9. The zero-order valence-electron chi connectivity index (χ0n) is 13.4. The van der Waals surface area contributed by atoms with Crippen LogP contribution in [0.25, 0.3) is 0 Å². The van der Waals surface area contributed by atoms with Crippen LogP contribution < -0.4 is 4.84 Å². The molecule has 0 saturated heterocycles. The van der Waals surface area contributed by atoms with Gasteiger partial charge in [0, 0.05) is 17.8 Å². The molecule has 1 aromatic heterocycles. The lowest BCUT2D eigenvalue weighted by Gasteiger charge is -2.10. The van der Waals surface area contributed by atoms with E-state index >= 15 is 0 Å². The molecule has 0 radical (unpaired) electrons. The number of rotatable bonds is 2. The van der Waals surface area contributed by atoms with Crippen molar-refractivity contribution in [1.29, 1.82) is 5.26 Å². The summed E-state index contributed by atoms with van der Waals surface area (Å²) in [4.78, 5) is 9.44. The molecule has 0 bridgehead atoms. The highest BCUT2D eigenvalue weighted by molar-refractivity contribution is 5.96. The highest BCUT2D eigenvalue weighted by Gasteiger charge is 2.10. The zero-order valence-corrected chi connectivity index (χ0v) is 13.4. The predicted molar refractivity (Wildman–Crippen MR) is 92.2 cm³/mol. The summed E-state index contributed by atoms with van der Waals surface area (Å²) in [6.45, 7) is 0. The van der Waals surface area contributed by atoms with E-state index in [-0.39, 0.29) is 11.3 Å². The smallest absolute Gasteiger partial charge is 0.178 e. The molecule has 1 heterocycles. The molecule has 3 rings (SSSR count). The van der Waals surface area contributed by atoms with Crippen molar-refractivity contribution in [3.8, 4) is 23.7 Å². The van der Waals surface area contributed by atoms with Gasteiger partial charge < -0.3 is 4.84 Å². The maximum Gasteiger partial charge on any atom is 0.178 e. The Labute approximate surface area is 145 Å². The third kappa shape index (κ3) is 4.53. The molecule has 5 heteroatoms. The van der Waals surface area contributed by atoms with Crippen LogP contribution in [0.1, 0.15) is 30.5 Å². The van der Waals surface area contributed by atoms with Crippen LogP contribution >= 0.6 is 0 Å². The van der Waals surface area contributed by atoms with Gasteiger partial charge in [-0.05, 0) is 55.5 Å². The minimum Gasteiger partial charge on any atom is -0.355 e. The molecule has 0 unspecified atom stereocenters. The molecular formula is C20H14FN3O. The quantitative estimate of drug-likeness (QED) is 0.617. The van der Waals surface area contributed by atoms with E-state index in [2.05, 4.69) is 22.0 Å². The monoisotopic (exact) mass is 331 g/mol. The molecule has 1 aliphatic rings. The van der Waals surface area contributed by atoms with Gasteiger partial charge in [-0.3, -0.25) is 0 Å². The van der Waals surface area contributed by atoms with Crippen molar-refractivity contribution >= 4 is 5.71 Å². The lowest BCUT2D eigenvalue weighted by atomic mass is 9.98. The third-order valence-corrected chi connectivity index (χ3v) is 3.56. The Hall–Kier alpha value is -3.44. The van der Waals surface area contributed by atoms with Crippen LogP contribution in [0, 0.1) is 29.0 Å². The molecule has 25 heavy (non-hydrogen) atoms. The lowest BCUT2D eigenvalue weighted by Crippen LogP contribution is -2.05. The summed E-state index contributed by atoms with van der Waals surface area (Å²) < 4.78 is 13.3. The molecule has 0 aliphatic heterocycles. The second kappa shape index (κ2) is 7.90. The summed E-state index contributed by atoms with van der Waals surface area (Å²) in [5, 5.41) is 13.1. The second-order valence-corrected chi connectivity index (χ2v) is 5.41. The zero-order chi connectivity index (χ0) is 17.5. The van der Waals surface area contributed by atoms with Gasteiger partial charge >= 0.3 is 0 Å². The van der Waals surface area contributed by atoms with Crippen LogP contribution in [-0.4, -0.2) is 10.7 Å². The van der Waals surface area contributed by atoms with E-state index in [1.165, 1.54) is 12.1 Å². The van der Waals surface area contributed by atoms with E-state index in [9.17, 15) is 4.39 Å². The molecule has 0 fully saturated rings. The van der Waals surface area contributed by atoms with Crippen LogP contribution in [0.2, 0.25) is 0 Å². The van der Waals surface area contributed by atoms with Crippen molar-refractivity contribution in [3.63, 3.8) is 0 Å². The van der Waals surface area contributed by atoms with Crippen LogP contribution in [0.3, 0.4) is 0 Å². The van der Waals surface area contributed by atoms with Crippen LogP contribution in [0.5, 0.6) is 5.75 Å². The molecule has 0 spiro atoms. The predicted octanol–water partition coefficient (Wildman–Crippen LogP) is 3.99. The highest BCUT2D eigenvalue weighted by atomic mass is 19.1. The van der Waals surface area contributed by atoms with Gasteiger partial charge in [0.15, 0.2) is 5.75 Å². The maximum absolute atomic E-state index is 13.3. The van der Waals surface area contributed by atoms with E-state index in [0.29, 0.717) is 11.4 Å². The maximum atomic E-state index is 13.3. The molecule has 1 aromatic carbocycles. The van der Waals surface area contributed by atoms with Crippen LogP contribution in [0.15, 0.2) is 59.4 Å². The van der Waals surface area contributed by atoms with E-state index < -0.39 is 5.82 Å². The average Bonchev–Trinajstić information content (AvgIpc) is 2.66. The van der Waals surface area contributed by atoms with E-state index in [0.717, 1.165) is 30.9 Å². The summed E-state index contributed by atoms with van der Waals surface area (Å²) >= 11 is 0. The summed E-state index contributed by atoms with van der Waals surface area (Å²) in [5.41, 5.74) is 2.60. The number of hydrogen-bond donors (Lipinski definition) is 0. The number of pyridine rings is 1. The van der Waals surface area contributed by atoms with Gasteiger partial charge in [-0.15, -0.1) is 0 Å². The van der Waals surface area contributed by atoms with E-state index in [1.54, 1.807) is 6.20 Å². The Balaban J connectivity index is 1.77. The fraction of sp³-hybridized carbons (Fsp3) is 0.150. The van der Waals surface area contributed by atoms with Gasteiger partial charge in [-0.2, -0.15) is 5.26 Å². The largest absolute Gasteiger partial charge is 0.355 e. The molecule has 122 valence electrons. The first-order chi connectivity index (χ1) is 12.2. The van der Waals surface area contributed by atoms with Crippen molar-refractivity contribution in [2.75, 3.05) is 0 Å². The van der Waals surface area contributed by atoms with Crippen molar-refractivity contribution in [1.82, 2.24) is 4.98 Å². The Morgan fingerprint density at radius 3 is 2.88 bits per heavy atom. The standard InChI is InChI=1S/C20H14FN3O/c21-17-9-8-16(14-22)20(13-17)25-24-19-6-3-4-15(12-19)7-10-18-5-1-2-11-23-18/h1-2,5,8-9,11-13H,3-4,6H2/b24-19+. The minimum atomic E-state index is -0.477. The molecule has 1 aliphatic carbocycles. The van der Waals surface area contributed by atoms with Crippen molar-refractivity contribution in [2.24, 2.45) is 5.16 Å². The summed E-state index contributed by atoms with van der Waals surface area (Å²) in [7, 11) is 0. The minimum absolute atomic E-state index is 0.107. The Kier molecular flexibility index (Phi) is 5.19. The van der Waals surface area contributed by atoms with E-state index in [4.69, 9.17) is 10.1 Å². The Morgan fingerprint density at radius 2 is 2.08 bits per heavy atom. The van der Waals surface area contributed by atoms with E-state index in [1.807, 2.05) is 30.3 Å². The topological polar surface area (TPSA) is 58.3 Å². The summed E-state index contributed by atoms with van der Waals surface area (Å²) in [6.07, 6.45) is 6.07. The summed E-state index contributed by atoms with van der Waals surface area (Å²) in [6, 6.07) is 11.3. The molecule has 2 aromatic rings. The van der Waals surface area contributed by atoms with Crippen molar-refractivity contribution in [2.45, 2.75) is 19.3 Å². The average molecular weight is 331 g/mol. The van der Waals surface area contributed by atoms with Gasteiger partial charge in [0.2, 0.25) is 0 Å². The van der Waals surface area contributed by atoms with Gasteiger partial charge in [0.05, 0.1) is 11.3 Å². The van der Waals surface area contributed by atoms with Gasteiger partial charge in [0.1, 0.15) is 17.6 Å². The third-order valence-electron chi connectivity index (χ3n) is 3.56. The Bertz CT molecular complexity index is 931. The van der Waals surface area contributed by atoms with Crippen molar-refractivity contribution < 1.29 is 9.23 Å². The summed E-state index contributed by atoms with van der Waals surface area (Å²) in [5.74, 6) is 5.74. The molecular weight excluding hydrogens is 317 g/mol. The SMILES string of the molecule is N#Cc1ccc(F)cc1O/N=C1/C=C(C#Cc2ccccn2)CCC1. The number of aromatic nitrogens is 1. The van der Waals surface area contributed by atoms with Crippen LogP contribution in [0.4, 0.5) is 4.39 Å². The van der Waals surface area contributed by atoms with Gasteiger partial charge in [-0.1, -0.05) is 17.1 Å². The van der Waals surface area contributed by atoms with Crippen molar-refractivity contribution in [3.05, 3.63) is 71.3 Å². The first-order valence-corrected chi connectivity index (χ1v) is 7.82. The Morgan fingerprint density at radius 1 is 1.16 bits per heavy atom. The molecule has 4 nitrogen and oxygen atoms in total.